The maximum atomic E-state index is 10.6. The zero-order valence-electron chi connectivity index (χ0n) is 13.6. The first kappa shape index (κ1) is 16.3. The monoisotopic (exact) mass is 291 g/mol. The van der Waals surface area contributed by atoms with Crippen molar-refractivity contribution < 1.29 is 9.84 Å². The van der Waals surface area contributed by atoms with Gasteiger partial charge in [-0.2, -0.15) is 0 Å². The minimum Gasteiger partial charge on any atom is -0.493 e. The normalized spacial score (nSPS) is 18.0. The number of hydrogen-bond acceptors (Lipinski definition) is 3. The van der Waals surface area contributed by atoms with Crippen LogP contribution in [-0.2, 0) is 0 Å². The van der Waals surface area contributed by atoms with Crippen LogP contribution in [0, 0.1) is 6.92 Å². The Morgan fingerprint density at radius 3 is 2.67 bits per heavy atom. The molecule has 1 saturated carbocycles. The number of nitrogens with zero attached hydrogens (tertiary/aromatic N) is 1. The molecule has 0 heterocycles. The minimum absolute atomic E-state index is 0.488. The molecule has 3 heteroatoms. The summed E-state index contributed by atoms with van der Waals surface area (Å²) in [6.07, 6.45) is 6.03. The van der Waals surface area contributed by atoms with Crippen LogP contribution >= 0.6 is 0 Å². The van der Waals surface area contributed by atoms with E-state index in [-0.39, 0.29) is 0 Å². The number of rotatable bonds is 6. The predicted octanol–water partition coefficient (Wildman–Crippen LogP) is 3.69. The quantitative estimate of drug-likeness (QED) is 0.867. The zero-order chi connectivity index (χ0) is 15.2. The van der Waals surface area contributed by atoms with Crippen molar-refractivity contribution in [2.75, 3.05) is 20.2 Å². The Kier molecular flexibility index (Phi) is 6.07. The number of hydrogen-bond donors (Lipinski definition) is 1. The van der Waals surface area contributed by atoms with Gasteiger partial charge in [0, 0.05) is 18.2 Å². The molecule has 2 rings (SSSR count). The van der Waals surface area contributed by atoms with Crippen molar-refractivity contribution in [3.63, 3.8) is 0 Å². The molecule has 1 aromatic rings. The Hall–Kier alpha value is -1.06. The van der Waals surface area contributed by atoms with Gasteiger partial charge in [0.1, 0.15) is 5.75 Å². The number of benzene rings is 1. The largest absolute Gasteiger partial charge is 0.493 e. The number of aliphatic hydroxyl groups excluding tert-OH is 1. The van der Waals surface area contributed by atoms with Crippen molar-refractivity contribution in [2.24, 2.45) is 0 Å². The van der Waals surface area contributed by atoms with Crippen LogP contribution in [0.5, 0.6) is 5.75 Å². The van der Waals surface area contributed by atoms with E-state index in [0.29, 0.717) is 19.2 Å². The van der Waals surface area contributed by atoms with Gasteiger partial charge in [0.25, 0.3) is 0 Å². The van der Waals surface area contributed by atoms with Crippen molar-refractivity contribution in [3.8, 4) is 5.75 Å². The van der Waals surface area contributed by atoms with Gasteiger partial charge in [0.05, 0.1) is 12.7 Å². The lowest BCUT2D eigenvalue weighted by molar-refractivity contribution is 0.0892. The molecule has 0 spiro atoms. The van der Waals surface area contributed by atoms with E-state index in [1.165, 1.54) is 32.1 Å². The first-order chi connectivity index (χ1) is 10.1. The van der Waals surface area contributed by atoms with Crippen LogP contribution < -0.4 is 4.74 Å². The summed E-state index contributed by atoms with van der Waals surface area (Å²) in [4.78, 5) is 2.32. The molecular formula is C18H29NO2. The molecule has 0 aliphatic heterocycles. The molecule has 0 aromatic heterocycles. The Balaban J connectivity index is 2.04. The average molecular weight is 291 g/mol. The maximum Gasteiger partial charge on any atom is 0.125 e. The third-order valence-corrected chi connectivity index (χ3v) is 4.48. The summed E-state index contributed by atoms with van der Waals surface area (Å²) >= 11 is 0. The van der Waals surface area contributed by atoms with Gasteiger partial charge in [-0.05, 0) is 45.9 Å². The highest BCUT2D eigenvalue weighted by Gasteiger charge is 2.22. The van der Waals surface area contributed by atoms with Gasteiger partial charge in [0.15, 0.2) is 0 Å². The number of likely N-dealkylation sites (N-methyl/N-ethyl adjacent to an activating group) is 1. The Morgan fingerprint density at radius 1 is 1.29 bits per heavy atom. The van der Waals surface area contributed by atoms with Gasteiger partial charge in [-0.3, -0.25) is 0 Å². The molecule has 1 aliphatic rings. The predicted molar refractivity (Wildman–Crippen MR) is 86.8 cm³/mol. The van der Waals surface area contributed by atoms with E-state index in [9.17, 15) is 5.11 Å². The van der Waals surface area contributed by atoms with Gasteiger partial charge in [-0.15, -0.1) is 0 Å². The summed E-state index contributed by atoms with van der Waals surface area (Å²) in [5.74, 6) is 0.813. The second kappa shape index (κ2) is 7.81. The Morgan fingerprint density at radius 2 is 2.00 bits per heavy atom. The standard InChI is InChI=1S/C18H29NO2/c1-4-21-18-11-10-14(2)12-16(18)17(20)13-19(3)15-8-6-5-7-9-15/h10-12,15,17,20H,4-9,13H2,1-3H3. The molecule has 1 aliphatic carbocycles. The van der Waals surface area contributed by atoms with E-state index < -0.39 is 6.10 Å². The van der Waals surface area contributed by atoms with Crippen molar-refractivity contribution in [1.82, 2.24) is 4.90 Å². The van der Waals surface area contributed by atoms with Crippen molar-refractivity contribution >= 4 is 0 Å². The molecule has 1 N–H and O–H groups in total. The highest BCUT2D eigenvalue weighted by Crippen LogP contribution is 2.29. The van der Waals surface area contributed by atoms with E-state index in [4.69, 9.17) is 4.74 Å². The summed E-state index contributed by atoms with van der Waals surface area (Å²) in [6.45, 7) is 5.33. The molecule has 0 saturated heterocycles. The van der Waals surface area contributed by atoms with Gasteiger partial charge >= 0.3 is 0 Å². The van der Waals surface area contributed by atoms with Gasteiger partial charge in [0.2, 0.25) is 0 Å². The lowest BCUT2D eigenvalue weighted by Crippen LogP contribution is -2.36. The summed E-state index contributed by atoms with van der Waals surface area (Å²) in [5.41, 5.74) is 2.08. The average Bonchev–Trinajstić information content (AvgIpc) is 2.50. The van der Waals surface area contributed by atoms with Crippen LogP contribution in [-0.4, -0.2) is 36.2 Å². The summed E-state index contributed by atoms with van der Waals surface area (Å²) in [7, 11) is 2.13. The second-order valence-electron chi connectivity index (χ2n) is 6.22. The fourth-order valence-electron chi connectivity index (χ4n) is 3.26. The molecule has 1 fully saturated rings. The van der Waals surface area contributed by atoms with Crippen molar-refractivity contribution in [2.45, 2.75) is 58.1 Å². The van der Waals surface area contributed by atoms with Crippen LogP contribution in [0.3, 0.4) is 0 Å². The van der Waals surface area contributed by atoms with E-state index in [1.807, 2.05) is 25.1 Å². The molecule has 118 valence electrons. The second-order valence-corrected chi connectivity index (χ2v) is 6.22. The third kappa shape index (κ3) is 4.45. The van der Waals surface area contributed by atoms with Crippen LogP contribution in [0.25, 0.3) is 0 Å². The van der Waals surface area contributed by atoms with E-state index in [2.05, 4.69) is 18.9 Å². The van der Waals surface area contributed by atoms with Crippen molar-refractivity contribution in [1.29, 1.82) is 0 Å². The summed E-state index contributed by atoms with van der Waals surface area (Å²) in [6, 6.07) is 6.67. The van der Waals surface area contributed by atoms with E-state index in [1.54, 1.807) is 0 Å². The minimum atomic E-state index is -0.488. The molecule has 0 amide bonds. The van der Waals surface area contributed by atoms with Crippen LogP contribution in [0.2, 0.25) is 0 Å². The number of aryl methyl sites for hydroxylation is 1. The van der Waals surface area contributed by atoms with E-state index >= 15 is 0 Å². The number of ether oxygens (including phenoxy) is 1. The highest BCUT2D eigenvalue weighted by atomic mass is 16.5. The molecule has 1 atom stereocenters. The Bertz CT molecular complexity index is 441. The first-order valence-corrected chi connectivity index (χ1v) is 8.23. The Labute approximate surface area is 128 Å². The fraction of sp³-hybridized carbons (Fsp3) is 0.667. The van der Waals surface area contributed by atoms with Crippen LogP contribution in [0.4, 0.5) is 0 Å². The fourth-order valence-corrected chi connectivity index (χ4v) is 3.26. The van der Waals surface area contributed by atoms with Crippen LogP contribution in [0.15, 0.2) is 18.2 Å². The number of aliphatic hydroxyl groups is 1. The molecule has 1 aromatic carbocycles. The molecule has 0 radical (unpaired) electrons. The van der Waals surface area contributed by atoms with Crippen LogP contribution in [0.1, 0.15) is 56.3 Å². The SMILES string of the molecule is CCOc1ccc(C)cc1C(O)CN(C)C1CCCCC1. The zero-order valence-corrected chi connectivity index (χ0v) is 13.6. The smallest absolute Gasteiger partial charge is 0.125 e. The van der Waals surface area contributed by atoms with Gasteiger partial charge in [-0.25, -0.2) is 0 Å². The maximum absolute atomic E-state index is 10.6. The topological polar surface area (TPSA) is 32.7 Å². The van der Waals surface area contributed by atoms with E-state index in [0.717, 1.165) is 16.9 Å². The third-order valence-electron chi connectivity index (χ3n) is 4.48. The molecule has 1 unspecified atom stereocenters. The molecular weight excluding hydrogens is 262 g/mol. The molecule has 3 nitrogen and oxygen atoms in total. The van der Waals surface area contributed by atoms with Gasteiger partial charge < -0.3 is 14.7 Å². The lowest BCUT2D eigenvalue weighted by Gasteiger charge is -2.32. The molecule has 0 bridgehead atoms. The highest BCUT2D eigenvalue weighted by molar-refractivity contribution is 5.38. The summed E-state index contributed by atoms with van der Waals surface area (Å²) < 4.78 is 5.66. The van der Waals surface area contributed by atoms with Crippen molar-refractivity contribution in [3.05, 3.63) is 29.3 Å². The lowest BCUT2D eigenvalue weighted by atomic mass is 9.94. The van der Waals surface area contributed by atoms with Gasteiger partial charge in [-0.1, -0.05) is 30.9 Å². The first-order valence-electron chi connectivity index (χ1n) is 8.23. The summed E-state index contributed by atoms with van der Waals surface area (Å²) in [5, 5.41) is 10.6. The molecule has 21 heavy (non-hydrogen) atoms.